The van der Waals surface area contributed by atoms with Crippen LogP contribution in [0.4, 0.5) is 5.13 Å². The van der Waals surface area contributed by atoms with Crippen LogP contribution in [0.15, 0.2) is 66.0 Å². The molecule has 6 heteroatoms. The molecule has 142 valence electrons. The molecule has 3 aromatic rings. The Kier molecular flexibility index (Phi) is 5.77. The van der Waals surface area contributed by atoms with Crippen molar-refractivity contribution in [3.63, 3.8) is 0 Å². The van der Waals surface area contributed by atoms with Gasteiger partial charge in [-0.2, -0.15) is 0 Å². The first kappa shape index (κ1) is 18.4. The zero-order chi connectivity index (χ0) is 19.2. The van der Waals surface area contributed by atoms with Crippen LogP contribution in [0.2, 0.25) is 0 Å². The van der Waals surface area contributed by atoms with Crippen LogP contribution in [0.5, 0.6) is 0 Å². The van der Waals surface area contributed by atoms with Gasteiger partial charge in [-0.1, -0.05) is 17.7 Å². The lowest BCUT2D eigenvalue weighted by Gasteiger charge is -2.08. The highest BCUT2D eigenvalue weighted by molar-refractivity contribution is 7.14. The van der Waals surface area contributed by atoms with Crippen molar-refractivity contribution in [3.8, 4) is 0 Å². The second-order valence-corrected chi connectivity index (χ2v) is 7.62. The summed E-state index contributed by atoms with van der Waals surface area (Å²) >= 11 is 1.44. The summed E-state index contributed by atoms with van der Waals surface area (Å²) in [5.74, 6) is -0.154. The molecule has 28 heavy (non-hydrogen) atoms. The molecule has 0 aromatic carbocycles. The third kappa shape index (κ3) is 4.64. The second-order valence-electron chi connectivity index (χ2n) is 6.77. The first-order valence-corrected chi connectivity index (χ1v) is 10.3. The van der Waals surface area contributed by atoms with Crippen molar-refractivity contribution in [2.75, 3.05) is 5.32 Å². The average molecular weight is 391 g/mol. The molecule has 0 fully saturated rings. The number of carbonyl (C=O) groups is 1. The maximum absolute atomic E-state index is 12.7. The van der Waals surface area contributed by atoms with E-state index in [0.717, 1.165) is 24.1 Å². The van der Waals surface area contributed by atoms with Crippen molar-refractivity contribution in [3.05, 3.63) is 82.9 Å². The van der Waals surface area contributed by atoms with Gasteiger partial charge in [-0.25, -0.2) is 4.98 Å². The van der Waals surface area contributed by atoms with E-state index in [2.05, 4.69) is 27.4 Å². The van der Waals surface area contributed by atoms with E-state index in [0.29, 0.717) is 17.4 Å². The summed E-state index contributed by atoms with van der Waals surface area (Å²) in [7, 11) is 0. The molecule has 0 spiro atoms. The van der Waals surface area contributed by atoms with Gasteiger partial charge in [0.05, 0.1) is 5.69 Å². The number of pyridine rings is 1. The number of allylic oxidation sites excluding steroid dienone is 3. The van der Waals surface area contributed by atoms with Gasteiger partial charge in [-0.15, -0.1) is 11.3 Å². The van der Waals surface area contributed by atoms with Crippen LogP contribution in [0.25, 0.3) is 6.08 Å². The van der Waals surface area contributed by atoms with Crippen molar-refractivity contribution in [2.24, 2.45) is 0 Å². The molecule has 0 radical (unpaired) electrons. The molecule has 0 saturated heterocycles. The number of carbonyl (C=O) groups excluding carboxylic acids is 1. The third-order valence-electron chi connectivity index (χ3n) is 4.70. The van der Waals surface area contributed by atoms with Gasteiger partial charge in [-0.05, 0) is 61.6 Å². The Bertz CT molecular complexity index is 1000. The van der Waals surface area contributed by atoms with Crippen LogP contribution in [0.1, 0.15) is 47.4 Å². The fourth-order valence-electron chi connectivity index (χ4n) is 3.23. The van der Waals surface area contributed by atoms with Gasteiger partial charge in [0.15, 0.2) is 5.13 Å². The van der Waals surface area contributed by atoms with E-state index in [1.807, 2.05) is 46.5 Å². The van der Waals surface area contributed by atoms with E-state index in [-0.39, 0.29) is 5.91 Å². The van der Waals surface area contributed by atoms with Crippen LogP contribution in [-0.2, 0) is 6.54 Å². The Labute approximate surface area is 168 Å². The number of nitrogens with one attached hydrogen (secondary N) is 1. The van der Waals surface area contributed by atoms with E-state index in [9.17, 15) is 4.79 Å². The third-order valence-corrected chi connectivity index (χ3v) is 5.48. The highest BCUT2D eigenvalue weighted by Gasteiger charge is 2.13. The van der Waals surface area contributed by atoms with E-state index < -0.39 is 0 Å². The molecule has 0 atom stereocenters. The predicted octanol–water partition coefficient (Wildman–Crippen LogP) is 5.15. The lowest BCUT2D eigenvalue weighted by atomic mass is 9.99. The van der Waals surface area contributed by atoms with E-state index in [1.54, 1.807) is 12.4 Å². The number of nitrogens with zero attached hydrogens (tertiary/aromatic N) is 3. The van der Waals surface area contributed by atoms with Gasteiger partial charge in [0.25, 0.3) is 5.91 Å². The monoisotopic (exact) mass is 390 g/mol. The summed E-state index contributed by atoms with van der Waals surface area (Å²) in [5.41, 5.74) is 3.95. The predicted molar refractivity (Wildman–Crippen MR) is 113 cm³/mol. The minimum Gasteiger partial charge on any atom is -0.339 e. The molecule has 1 N–H and O–H groups in total. The van der Waals surface area contributed by atoms with Gasteiger partial charge >= 0.3 is 0 Å². The zero-order valence-electron chi connectivity index (χ0n) is 15.5. The van der Waals surface area contributed by atoms with Crippen LogP contribution < -0.4 is 5.32 Å². The molecule has 5 nitrogen and oxygen atoms in total. The summed E-state index contributed by atoms with van der Waals surface area (Å²) < 4.78 is 1.93. The first-order chi connectivity index (χ1) is 13.8. The molecule has 0 unspecified atom stereocenters. The van der Waals surface area contributed by atoms with Gasteiger partial charge in [0, 0.05) is 30.5 Å². The molecule has 0 bridgehead atoms. The fraction of sp³-hybridized carbons (Fsp3) is 0.227. The smallest absolute Gasteiger partial charge is 0.274 e. The molecule has 1 aliphatic rings. The Morgan fingerprint density at radius 1 is 1.21 bits per heavy atom. The zero-order valence-corrected chi connectivity index (χ0v) is 16.4. The molecule has 0 aliphatic heterocycles. The number of thiazole rings is 1. The minimum absolute atomic E-state index is 0.154. The number of anilines is 1. The van der Waals surface area contributed by atoms with E-state index in [1.165, 1.54) is 29.8 Å². The first-order valence-electron chi connectivity index (χ1n) is 9.46. The maximum atomic E-state index is 12.7. The largest absolute Gasteiger partial charge is 0.339 e. The van der Waals surface area contributed by atoms with Crippen LogP contribution >= 0.6 is 11.3 Å². The van der Waals surface area contributed by atoms with Crippen molar-refractivity contribution in [2.45, 2.75) is 32.2 Å². The normalized spacial score (nSPS) is 14.2. The molecule has 3 aromatic heterocycles. The maximum Gasteiger partial charge on any atom is 0.274 e. The Morgan fingerprint density at radius 3 is 2.93 bits per heavy atom. The topological polar surface area (TPSA) is 59.8 Å². The summed E-state index contributed by atoms with van der Waals surface area (Å²) in [6.07, 6.45) is 16.7. The number of hydrogen-bond donors (Lipinski definition) is 1. The van der Waals surface area contributed by atoms with Crippen molar-refractivity contribution >= 4 is 28.5 Å². The van der Waals surface area contributed by atoms with Crippen LogP contribution in [0, 0.1) is 0 Å². The lowest BCUT2D eigenvalue weighted by molar-refractivity contribution is 0.101. The molecule has 4 rings (SSSR count). The quantitative estimate of drug-likeness (QED) is 0.633. The van der Waals surface area contributed by atoms with Gasteiger partial charge in [-0.3, -0.25) is 15.1 Å². The standard InChI is InChI=1S/C22H22N4OS/c27-21(20-7-4-14-26(20)15-18-10-12-23-13-11-18)25-22-24-19(16-28-22)9-8-17-5-2-1-3-6-17/h4-5,7-14,16H,1-3,6,15H2,(H,24,25,27). The molecular formula is C22H22N4OS. The lowest BCUT2D eigenvalue weighted by Crippen LogP contribution is -2.17. The molecule has 3 heterocycles. The minimum atomic E-state index is -0.154. The molecule has 1 aliphatic carbocycles. The highest BCUT2D eigenvalue weighted by Crippen LogP contribution is 2.21. The summed E-state index contributed by atoms with van der Waals surface area (Å²) in [5, 5.41) is 5.49. The van der Waals surface area contributed by atoms with E-state index >= 15 is 0 Å². The van der Waals surface area contributed by atoms with Crippen molar-refractivity contribution in [1.82, 2.24) is 14.5 Å². The summed E-state index contributed by atoms with van der Waals surface area (Å²) in [6.45, 7) is 0.624. The molecular weight excluding hydrogens is 368 g/mol. The van der Waals surface area contributed by atoms with Crippen molar-refractivity contribution in [1.29, 1.82) is 0 Å². The fourth-order valence-corrected chi connectivity index (χ4v) is 3.90. The van der Waals surface area contributed by atoms with Gasteiger partial charge < -0.3 is 4.57 Å². The Hall–Kier alpha value is -2.99. The summed E-state index contributed by atoms with van der Waals surface area (Å²) in [4.78, 5) is 21.2. The van der Waals surface area contributed by atoms with Gasteiger partial charge in [0.2, 0.25) is 0 Å². The van der Waals surface area contributed by atoms with Crippen LogP contribution in [-0.4, -0.2) is 20.4 Å². The average Bonchev–Trinajstić information content (AvgIpc) is 3.37. The second kappa shape index (κ2) is 8.80. The van der Waals surface area contributed by atoms with Crippen molar-refractivity contribution < 1.29 is 4.79 Å². The van der Waals surface area contributed by atoms with Gasteiger partial charge in [0.1, 0.15) is 5.69 Å². The Morgan fingerprint density at radius 2 is 2.11 bits per heavy atom. The number of aromatic nitrogens is 3. The SMILES string of the molecule is O=C(Nc1nc(C=CC2=CCCCC2)cs1)c1cccn1Cc1ccncc1. The molecule has 1 amide bonds. The highest BCUT2D eigenvalue weighted by atomic mass is 32.1. The molecule has 0 saturated carbocycles. The van der Waals surface area contributed by atoms with Crippen LogP contribution in [0.3, 0.4) is 0 Å². The number of rotatable bonds is 6. The van der Waals surface area contributed by atoms with E-state index in [4.69, 9.17) is 0 Å². The Balaban J connectivity index is 1.41. The summed E-state index contributed by atoms with van der Waals surface area (Å²) in [6, 6.07) is 7.59. The number of amides is 1. The number of hydrogen-bond acceptors (Lipinski definition) is 4.